The molecule has 0 radical (unpaired) electrons. The Morgan fingerprint density at radius 1 is 1.36 bits per heavy atom. The number of hydrogen-bond donors (Lipinski definition) is 0. The van der Waals surface area contributed by atoms with Crippen LogP contribution in [0.3, 0.4) is 0 Å². The summed E-state index contributed by atoms with van der Waals surface area (Å²) in [7, 11) is 0. The average Bonchev–Trinajstić information content (AvgIpc) is 2.68. The molecule has 0 aliphatic carbocycles. The summed E-state index contributed by atoms with van der Waals surface area (Å²) in [6.07, 6.45) is 0. The van der Waals surface area contributed by atoms with Gasteiger partial charge in [-0.1, -0.05) is 19.0 Å². The zero-order valence-electron chi connectivity index (χ0n) is 8.69. The van der Waals surface area contributed by atoms with E-state index in [4.69, 9.17) is 9.26 Å². The van der Waals surface area contributed by atoms with Gasteiger partial charge in [-0.2, -0.15) is 0 Å². The Morgan fingerprint density at radius 2 is 2.07 bits per heavy atom. The third-order valence-electron chi connectivity index (χ3n) is 2.42. The first-order chi connectivity index (χ1) is 6.77. The maximum atomic E-state index is 5.28. The van der Waals surface area contributed by atoms with Crippen molar-refractivity contribution in [1.29, 1.82) is 0 Å². The summed E-state index contributed by atoms with van der Waals surface area (Å²) in [6, 6.07) is 2.02. The highest BCUT2D eigenvalue weighted by Gasteiger charge is 2.16. The third kappa shape index (κ3) is 1.90. The first kappa shape index (κ1) is 9.52. The van der Waals surface area contributed by atoms with Gasteiger partial charge in [0, 0.05) is 25.1 Å². The molecular weight excluding hydrogens is 180 g/mol. The van der Waals surface area contributed by atoms with Gasteiger partial charge < -0.3 is 14.2 Å². The molecule has 0 aromatic carbocycles. The Labute approximate surface area is 83.8 Å². The van der Waals surface area contributed by atoms with Crippen molar-refractivity contribution in [2.45, 2.75) is 19.8 Å². The zero-order chi connectivity index (χ0) is 9.97. The summed E-state index contributed by atoms with van der Waals surface area (Å²) < 4.78 is 10.5. The minimum atomic E-state index is 0.400. The Kier molecular flexibility index (Phi) is 2.72. The molecule has 1 aromatic rings. The number of nitrogens with zero attached hydrogens (tertiary/aromatic N) is 2. The molecule has 0 saturated carbocycles. The van der Waals surface area contributed by atoms with Crippen molar-refractivity contribution in [1.82, 2.24) is 5.16 Å². The van der Waals surface area contributed by atoms with Crippen LogP contribution in [-0.4, -0.2) is 31.5 Å². The minimum absolute atomic E-state index is 0.400. The highest BCUT2D eigenvalue weighted by atomic mass is 16.5. The molecule has 4 heteroatoms. The third-order valence-corrected chi connectivity index (χ3v) is 2.42. The monoisotopic (exact) mass is 196 g/mol. The smallest absolute Gasteiger partial charge is 0.172 e. The van der Waals surface area contributed by atoms with Gasteiger partial charge in [0.05, 0.1) is 13.2 Å². The van der Waals surface area contributed by atoms with Crippen LogP contribution in [0.2, 0.25) is 0 Å². The van der Waals surface area contributed by atoms with Gasteiger partial charge in [-0.05, 0) is 0 Å². The average molecular weight is 196 g/mol. The molecule has 0 spiro atoms. The summed E-state index contributed by atoms with van der Waals surface area (Å²) in [5.74, 6) is 2.29. The fraction of sp³-hybridized carbons (Fsp3) is 0.700. The molecule has 1 aliphatic rings. The molecule has 0 atom stereocenters. The van der Waals surface area contributed by atoms with E-state index in [0.29, 0.717) is 5.92 Å². The van der Waals surface area contributed by atoms with Crippen molar-refractivity contribution in [2.24, 2.45) is 0 Å². The van der Waals surface area contributed by atoms with Gasteiger partial charge in [-0.15, -0.1) is 0 Å². The summed E-state index contributed by atoms with van der Waals surface area (Å²) in [6.45, 7) is 7.58. The predicted octanol–water partition coefficient (Wildman–Crippen LogP) is 1.63. The topological polar surface area (TPSA) is 38.5 Å². The van der Waals surface area contributed by atoms with E-state index in [1.54, 1.807) is 0 Å². The van der Waals surface area contributed by atoms with Crippen molar-refractivity contribution in [3.8, 4) is 0 Å². The Balaban J connectivity index is 2.07. The molecule has 4 nitrogen and oxygen atoms in total. The maximum Gasteiger partial charge on any atom is 0.172 e. The second-order valence-corrected chi connectivity index (χ2v) is 3.84. The number of ether oxygens (including phenoxy) is 1. The van der Waals surface area contributed by atoms with Gasteiger partial charge in [0.25, 0.3) is 0 Å². The minimum Gasteiger partial charge on any atom is -0.378 e. The fourth-order valence-electron chi connectivity index (χ4n) is 1.49. The molecule has 0 unspecified atom stereocenters. The van der Waals surface area contributed by atoms with Crippen molar-refractivity contribution >= 4 is 5.82 Å². The highest BCUT2D eigenvalue weighted by molar-refractivity contribution is 5.38. The number of aromatic nitrogens is 1. The van der Waals surface area contributed by atoms with Gasteiger partial charge in [0.2, 0.25) is 0 Å². The van der Waals surface area contributed by atoms with Gasteiger partial charge in [0.1, 0.15) is 5.76 Å². The molecular formula is C10H16N2O2. The summed E-state index contributed by atoms with van der Waals surface area (Å²) >= 11 is 0. The summed E-state index contributed by atoms with van der Waals surface area (Å²) in [5, 5.41) is 4.06. The first-order valence-electron chi connectivity index (χ1n) is 5.06. The Morgan fingerprint density at radius 3 is 2.64 bits per heavy atom. The molecule has 1 saturated heterocycles. The van der Waals surface area contributed by atoms with Gasteiger partial charge in [-0.3, -0.25) is 0 Å². The second kappa shape index (κ2) is 4.00. The maximum absolute atomic E-state index is 5.28. The van der Waals surface area contributed by atoms with E-state index in [-0.39, 0.29) is 0 Å². The molecule has 1 aromatic heterocycles. The van der Waals surface area contributed by atoms with Crippen molar-refractivity contribution < 1.29 is 9.26 Å². The van der Waals surface area contributed by atoms with E-state index < -0.39 is 0 Å². The molecule has 0 bridgehead atoms. The number of rotatable bonds is 2. The fourth-order valence-corrected chi connectivity index (χ4v) is 1.49. The van der Waals surface area contributed by atoms with Crippen LogP contribution >= 0.6 is 0 Å². The number of hydrogen-bond acceptors (Lipinski definition) is 4. The van der Waals surface area contributed by atoms with Crippen LogP contribution in [0, 0.1) is 0 Å². The first-order valence-corrected chi connectivity index (χ1v) is 5.06. The van der Waals surface area contributed by atoms with Crippen LogP contribution in [0.5, 0.6) is 0 Å². The lowest BCUT2D eigenvalue weighted by Crippen LogP contribution is -2.36. The van der Waals surface area contributed by atoms with Crippen molar-refractivity contribution in [3.05, 3.63) is 11.8 Å². The Hall–Kier alpha value is -1.03. The zero-order valence-corrected chi connectivity index (χ0v) is 8.69. The van der Waals surface area contributed by atoms with Crippen LogP contribution in [-0.2, 0) is 4.74 Å². The van der Waals surface area contributed by atoms with Crippen molar-refractivity contribution in [2.75, 3.05) is 31.2 Å². The van der Waals surface area contributed by atoms with E-state index in [0.717, 1.165) is 37.9 Å². The van der Waals surface area contributed by atoms with Gasteiger partial charge in [0.15, 0.2) is 5.82 Å². The molecule has 2 heterocycles. The summed E-state index contributed by atoms with van der Waals surface area (Å²) in [5.41, 5.74) is 0. The lowest BCUT2D eigenvalue weighted by atomic mass is 10.1. The van der Waals surface area contributed by atoms with Crippen molar-refractivity contribution in [3.63, 3.8) is 0 Å². The molecule has 14 heavy (non-hydrogen) atoms. The van der Waals surface area contributed by atoms with Gasteiger partial charge in [-0.25, -0.2) is 0 Å². The van der Waals surface area contributed by atoms with Crippen LogP contribution in [0.15, 0.2) is 10.6 Å². The van der Waals surface area contributed by atoms with E-state index in [9.17, 15) is 0 Å². The lowest BCUT2D eigenvalue weighted by molar-refractivity contribution is 0.122. The molecule has 1 aliphatic heterocycles. The molecule has 2 rings (SSSR count). The lowest BCUT2D eigenvalue weighted by Gasteiger charge is -2.25. The van der Waals surface area contributed by atoms with E-state index in [1.807, 2.05) is 6.07 Å². The SMILES string of the molecule is CC(C)c1cc(N2CCOCC2)no1. The molecule has 78 valence electrons. The normalized spacial score (nSPS) is 17.8. The number of anilines is 1. The van der Waals surface area contributed by atoms with Crippen LogP contribution < -0.4 is 4.90 Å². The van der Waals surface area contributed by atoms with Crippen LogP contribution in [0.4, 0.5) is 5.82 Å². The standard InChI is InChI=1S/C10H16N2O2/c1-8(2)9-7-10(11-14-9)12-3-5-13-6-4-12/h7-8H,3-6H2,1-2H3. The predicted molar refractivity (Wildman–Crippen MR) is 53.6 cm³/mol. The van der Waals surface area contributed by atoms with E-state index >= 15 is 0 Å². The Bertz CT molecular complexity index is 290. The molecule has 0 N–H and O–H groups in total. The van der Waals surface area contributed by atoms with E-state index in [1.165, 1.54) is 0 Å². The largest absolute Gasteiger partial charge is 0.378 e. The quantitative estimate of drug-likeness (QED) is 0.720. The van der Waals surface area contributed by atoms with Gasteiger partial charge >= 0.3 is 0 Å². The summed E-state index contributed by atoms with van der Waals surface area (Å²) in [4.78, 5) is 2.19. The molecule has 1 fully saturated rings. The second-order valence-electron chi connectivity index (χ2n) is 3.84. The molecule has 0 amide bonds. The van der Waals surface area contributed by atoms with E-state index in [2.05, 4.69) is 23.9 Å². The number of morpholine rings is 1. The van der Waals surface area contributed by atoms with Crippen LogP contribution in [0.25, 0.3) is 0 Å². The highest BCUT2D eigenvalue weighted by Crippen LogP contribution is 2.21. The van der Waals surface area contributed by atoms with Crippen LogP contribution in [0.1, 0.15) is 25.5 Å².